The Kier molecular flexibility index (Phi) is 3.09. The molecule has 0 aromatic carbocycles. The zero-order chi connectivity index (χ0) is 12.3. The number of rotatable bonds is 4. The Hall–Kier alpha value is -2.30. The summed E-state index contributed by atoms with van der Waals surface area (Å²) in [5, 5.41) is 0. The van der Waals surface area contributed by atoms with Crippen LogP contribution in [0.3, 0.4) is 0 Å². The van der Waals surface area contributed by atoms with Crippen molar-refractivity contribution < 1.29 is 9.59 Å². The molecule has 0 fully saturated rings. The first-order valence-electron chi connectivity index (χ1n) is 5.13. The van der Waals surface area contributed by atoms with Crippen molar-refractivity contribution in [2.75, 3.05) is 0 Å². The molecule has 5 nitrogen and oxygen atoms in total. The number of ketones is 2. The molecule has 2 aromatic rings. The molecule has 0 unspecified atom stereocenters. The number of nitrogens with zero attached hydrogens (tertiary/aromatic N) is 3. The first-order chi connectivity index (χ1) is 8.18. The van der Waals surface area contributed by atoms with Crippen LogP contribution in [-0.4, -0.2) is 26.1 Å². The molecule has 0 atom stereocenters. The molecule has 0 radical (unpaired) electrons. The second kappa shape index (κ2) is 4.69. The van der Waals surface area contributed by atoms with Crippen LogP contribution in [0.1, 0.15) is 27.5 Å². The van der Waals surface area contributed by atoms with E-state index in [4.69, 9.17) is 0 Å². The lowest BCUT2D eigenvalue weighted by atomic mass is 10.1. The van der Waals surface area contributed by atoms with Gasteiger partial charge in [-0.15, -0.1) is 0 Å². The molecule has 2 rings (SSSR count). The van der Waals surface area contributed by atoms with Crippen molar-refractivity contribution >= 4 is 11.6 Å². The lowest BCUT2D eigenvalue weighted by Gasteiger charge is -2.00. The van der Waals surface area contributed by atoms with Gasteiger partial charge in [0, 0.05) is 25.6 Å². The third-order valence-corrected chi connectivity index (χ3v) is 2.34. The van der Waals surface area contributed by atoms with Gasteiger partial charge in [-0.25, -0.2) is 4.98 Å². The summed E-state index contributed by atoms with van der Waals surface area (Å²) in [6.45, 7) is 0. The van der Waals surface area contributed by atoms with Crippen molar-refractivity contribution in [1.82, 2.24) is 14.5 Å². The van der Waals surface area contributed by atoms with E-state index in [1.54, 1.807) is 36.0 Å². The molecular formula is C12H11N3O2. The monoisotopic (exact) mass is 229 g/mol. The third kappa shape index (κ3) is 2.44. The fraction of sp³-hybridized carbons (Fsp3) is 0.167. The molecule has 0 aliphatic heterocycles. The van der Waals surface area contributed by atoms with Gasteiger partial charge in [-0.1, -0.05) is 6.07 Å². The average molecular weight is 229 g/mol. The van der Waals surface area contributed by atoms with Gasteiger partial charge in [0.15, 0.2) is 11.6 Å². The van der Waals surface area contributed by atoms with Gasteiger partial charge >= 0.3 is 0 Å². The molecule has 86 valence electrons. The predicted octanol–water partition coefficient (Wildman–Crippen LogP) is 1.27. The van der Waals surface area contributed by atoms with Crippen molar-refractivity contribution in [3.63, 3.8) is 0 Å². The summed E-state index contributed by atoms with van der Waals surface area (Å²) >= 11 is 0. The molecule has 0 aliphatic carbocycles. The van der Waals surface area contributed by atoms with Gasteiger partial charge in [-0.3, -0.25) is 14.6 Å². The van der Waals surface area contributed by atoms with Gasteiger partial charge < -0.3 is 4.57 Å². The summed E-state index contributed by atoms with van der Waals surface area (Å²) in [5.74, 6) is -0.305. The molecule has 2 heterocycles. The molecule has 0 spiro atoms. The largest absolute Gasteiger partial charge is 0.332 e. The Morgan fingerprint density at radius 3 is 2.59 bits per heavy atom. The van der Waals surface area contributed by atoms with E-state index in [0.717, 1.165) is 0 Å². The number of hydrogen-bond acceptors (Lipinski definition) is 4. The highest BCUT2D eigenvalue weighted by molar-refractivity contribution is 6.11. The molecule has 0 saturated heterocycles. The zero-order valence-corrected chi connectivity index (χ0v) is 9.33. The van der Waals surface area contributed by atoms with E-state index in [-0.39, 0.29) is 23.8 Å². The van der Waals surface area contributed by atoms with Gasteiger partial charge in [0.1, 0.15) is 5.69 Å². The Labute approximate surface area is 98.1 Å². The maximum Gasteiger partial charge on any atom is 0.206 e. The van der Waals surface area contributed by atoms with Crippen molar-refractivity contribution in [3.05, 3.63) is 48.3 Å². The summed E-state index contributed by atoms with van der Waals surface area (Å²) in [4.78, 5) is 31.3. The number of imidazole rings is 1. The minimum Gasteiger partial charge on any atom is -0.332 e. The van der Waals surface area contributed by atoms with E-state index in [1.807, 2.05) is 0 Å². The SMILES string of the molecule is Cn1ccnc1C(=O)CC(=O)c1ccccn1. The Balaban J connectivity index is 2.10. The van der Waals surface area contributed by atoms with Gasteiger partial charge in [-0.2, -0.15) is 0 Å². The minimum atomic E-state index is -0.298. The predicted molar refractivity (Wildman–Crippen MR) is 60.7 cm³/mol. The van der Waals surface area contributed by atoms with Crippen molar-refractivity contribution in [2.24, 2.45) is 7.05 Å². The molecule has 2 aromatic heterocycles. The third-order valence-electron chi connectivity index (χ3n) is 2.34. The van der Waals surface area contributed by atoms with Crippen LogP contribution in [0.15, 0.2) is 36.8 Å². The molecule has 17 heavy (non-hydrogen) atoms. The quantitative estimate of drug-likeness (QED) is 0.585. The summed E-state index contributed by atoms with van der Waals surface area (Å²) in [7, 11) is 1.71. The fourth-order valence-electron chi connectivity index (χ4n) is 1.48. The van der Waals surface area contributed by atoms with E-state index >= 15 is 0 Å². The standard InChI is InChI=1S/C12H11N3O2/c1-15-7-6-14-12(15)11(17)8-10(16)9-4-2-3-5-13-9/h2-7H,8H2,1H3. The highest BCUT2D eigenvalue weighted by Gasteiger charge is 2.17. The molecular weight excluding hydrogens is 218 g/mol. The Bertz CT molecular complexity index is 546. The number of pyridine rings is 1. The number of aryl methyl sites for hydroxylation is 1. The van der Waals surface area contributed by atoms with Crippen LogP contribution < -0.4 is 0 Å². The van der Waals surface area contributed by atoms with Gasteiger partial charge in [-0.05, 0) is 12.1 Å². The van der Waals surface area contributed by atoms with Crippen molar-refractivity contribution in [2.45, 2.75) is 6.42 Å². The van der Waals surface area contributed by atoms with Crippen molar-refractivity contribution in [1.29, 1.82) is 0 Å². The van der Waals surface area contributed by atoms with Gasteiger partial charge in [0.25, 0.3) is 0 Å². The normalized spacial score (nSPS) is 10.2. The van der Waals surface area contributed by atoms with E-state index in [1.165, 1.54) is 12.4 Å². The van der Waals surface area contributed by atoms with Crippen molar-refractivity contribution in [3.8, 4) is 0 Å². The maximum absolute atomic E-state index is 11.8. The summed E-state index contributed by atoms with van der Waals surface area (Å²) in [6, 6.07) is 5.02. The number of Topliss-reactive ketones (excluding diaryl/α,β-unsaturated/α-hetero) is 2. The molecule has 0 bridgehead atoms. The average Bonchev–Trinajstić information content (AvgIpc) is 2.76. The second-order valence-corrected chi connectivity index (χ2v) is 3.60. The number of hydrogen-bond donors (Lipinski definition) is 0. The van der Waals surface area contributed by atoms with Gasteiger partial charge in [0.2, 0.25) is 5.78 Å². The minimum absolute atomic E-state index is 0.206. The number of carbonyl (C=O) groups is 2. The van der Waals surface area contributed by atoms with Crippen LogP contribution in [-0.2, 0) is 7.05 Å². The molecule has 0 amide bonds. The summed E-state index contributed by atoms with van der Waals surface area (Å²) < 4.78 is 1.59. The Morgan fingerprint density at radius 2 is 2.00 bits per heavy atom. The van der Waals surface area contributed by atoms with Crippen LogP contribution in [0.5, 0.6) is 0 Å². The van der Waals surface area contributed by atoms with Crippen LogP contribution in [0.4, 0.5) is 0 Å². The van der Waals surface area contributed by atoms with Crippen LogP contribution >= 0.6 is 0 Å². The second-order valence-electron chi connectivity index (χ2n) is 3.60. The molecule has 0 saturated carbocycles. The molecule has 5 heteroatoms. The zero-order valence-electron chi connectivity index (χ0n) is 9.33. The Morgan fingerprint density at radius 1 is 1.18 bits per heavy atom. The van der Waals surface area contributed by atoms with E-state index < -0.39 is 0 Å². The lowest BCUT2D eigenvalue weighted by Crippen LogP contribution is -2.13. The van der Waals surface area contributed by atoms with Crippen LogP contribution in [0.25, 0.3) is 0 Å². The summed E-state index contributed by atoms with van der Waals surface area (Å²) in [6.07, 6.45) is 4.51. The van der Waals surface area contributed by atoms with Crippen LogP contribution in [0, 0.1) is 0 Å². The highest BCUT2D eigenvalue weighted by Crippen LogP contribution is 2.05. The van der Waals surface area contributed by atoms with Gasteiger partial charge in [0.05, 0.1) is 6.42 Å². The lowest BCUT2D eigenvalue weighted by molar-refractivity contribution is 0.0884. The first kappa shape index (κ1) is 11.2. The molecule has 0 aliphatic rings. The number of aromatic nitrogens is 3. The highest BCUT2D eigenvalue weighted by atomic mass is 16.1. The summed E-state index contributed by atoms with van der Waals surface area (Å²) in [5.41, 5.74) is 0.301. The first-order valence-corrected chi connectivity index (χ1v) is 5.13. The molecule has 0 N–H and O–H groups in total. The van der Waals surface area contributed by atoms with E-state index in [0.29, 0.717) is 5.69 Å². The van der Waals surface area contributed by atoms with Crippen LogP contribution in [0.2, 0.25) is 0 Å². The fourth-order valence-corrected chi connectivity index (χ4v) is 1.48. The maximum atomic E-state index is 11.8. The topological polar surface area (TPSA) is 64.8 Å². The van der Waals surface area contributed by atoms with E-state index in [2.05, 4.69) is 9.97 Å². The number of carbonyl (C=O) groups excluding carboxylic acids is 2. The smallest absolute Gasteiger partial charge is 0.206 e. The van der Waals surface area contributed by atoms with E-state index in [9.17, 15) is 9.59 Å².